The van der Waals surface area contributed by atoms with Crippen molar-refractivity contribution in [2.24, 2.45) is 5.92 Å². The van der Waals surface area contributed by atoms with E-state index in [-0.39, 0.29) is 40.0 Å². The number of anilines is 2. The number of hydrogen-bond donors (Lipinski definition) is 4. The number of fused-ring (bicyclic) bond motifs is 1. The van der Waals surface area contributed by atoms with Crippen molar-refractivity contribution in [3.05, 3.63) is 126 Å². The summed E-state index contributed by atoms with van der Waals surface area (Å²) < 4.78 is 56.2. The fourth-order valence-corrected chi connectivity index (χ4v) is 10.1. The van der Waals surface area contributed by atoms with Crippen LogP contribution in [-0.2, 0) is 4.74 Å². The van der Waals surface area contributed by atoms with Crippen LogP contribution in [0.15, 0.2) is 119 Å². The molecule has 0 spiro atoms. The van der Waals surface area contributed by atoms with Gasteiger partial charge in [0.05, 0.1) is 17.9 Å². The molecule has 69 heavy (non-hydrogen) atoms. The van der Waals surface area contributed by atoms with Gasteiger partial charge in [-0.05, 0) is 147 Å². The molecular weight excluding hydrogens is 947 g/mol. The second-order valence-electron chi connectivity index (χ2n) is 18.1. The number of H-pyrrole nitrogens is 1. The SMILES string of the molecule is CC(C)(C)OC(=O)N1CCN(CCCNc2ccc(SNC(=O)c3ccc(N4CCC(C(O)c5ccccc5-c5ccc(Cl)cc5)CC4)cc3Oc3cnc4[nH]ccc4c3)cc2SC(F)(F)F)CC1. The highest BCUT2D eigenvalue weighted by Crippen LogP contribution is 2.43. The van der Waals surface area contributed by atoms with E-state index in [0.717, 1.165) is 52.6 Å². The summed E-state index contributed by atoms with van der Waals surface area (Å²) in [7, 11) is 0. The molecule has 8 rings (SSSR count). The van der Waals surface area contributed by atoms with Crippen LogP contribution in [0.3, 0.4) is 0 Å². The molecule has 4 heterocycles. The molecule has 2 saturated heterocycles. The van der Waals surface area contributed by atoms with Crippen LogP contribution in [0, 0.1) is 5.92 Å². The Labute approximate surface area is 413 Å². The van der Waals surface area contributed by atoms with E-state index in [1.807, 2.05) is 93.6 Å². The second kappa shape index (κ2) is 22.0. The molecule has 4 aromatic carbocycles. The minimum atomic E-state index is -4.54. The number of pyridine rings is 1. The third kappa shape index (κ3) is 13.4. The Morgan fingerprint density at radius 2 is 1.68 bits per heavy atom. The number of carbonyl (C=O) groups is 2. The van der Waals surface area contributed by atoms with Crippen molar-refractivity contribution in [3.8, 4) is 22.6 Å². The summed E-state index contributed by atoms with van der Waals surface area (Å²) in [4.78, 5) is 40.4. The summed E-state index contributed by atoms with van der Waals surface area (Å²) in [6.45, 7) is 10.4. The van der Waals surface area contributed by atoms with Gasteiger partial charge in [0.1, 0.15) is 22.7 Å². The first-order valence-electron chi connectivity index (χ1n) is 22.9. The lowest BCUT2D eigenvalue weighted by molar-refractivity contribution is -0.0328. The van der Waals surface area contributed by atoms with E-state index in [1.54, 1.807) is 35.5 Å². The molecule has 1 unspecified atom stereocenters. The molecule has 1 atom stereocenters. The zero-order valence-corrected chi connectivity index (χ0v) is 40.9. The van der Waals surface area contributed by atoms with E-state index < -0.39 is 23.1 Å². The first kappa shape index (κ1) is 49.8. The highest BCUT2D eigenvalue weighted by atomic mass is 35.5. The third-order valence-corrected chi connectivity index (χ3v) is 13.8. The average Bonchev–Trinajstić information content (AvgIpc) is 3.80. The number of aliphatic hydroxyl groups is 1. The van der Waals surface area contributed by atoms with Crippen molar-refractivity contribution in [2.45, 2.75) is 67.0 Å². The zero-order chi connectivity index (χ0) is 48.7. The van der Waals surface area contributed by atoms with E-state index in [0.29, 0.717) is 85.8 Å². The van der Waals surface area contributed by atoms with E-state index in [2.05, 4.69) is 29.8 Å². The Bertz CT molecular complexity index is 2720. The van der Waals surface area contributed by atoms with Crippen LogP contribution in [0.4, 0.5) is 29.3 Å². The second-order valence-corrected chi connectivity index (χ2v) is 20.5. The molecular formula is C51H55ClF3N7O5S2. The molecule has 2 amide bonds. The maximum Gasteiger partial charge on any atom is 0.446 e. The topological polar surface area (TPSA) is 135 Å². The molecule has 6 aromatic rings. The summed E-state index contributed by atoms with van der Waals surface area (Å²) in [5, 5.41) is 16.4. The van der Waals surface area contributed by atoms with Gasteiger partial charge in [-0.1, -0.05) is 48.0 Å². The Morgan fingerprint density at radius 3 is 2.42 bits per heavy atom. The lowest BCUT2D eigenvalue weighted by atomic mass is 9.84. The van der Waals surface area contributed by atoms with Gasteiger partial charge in [-0.25, -0.2) is 9.78 Å². The van der Waals surface area contributed by atoms with E-state index in [1.165, 1.54) is 6.07 Å². The smallest absolute Gasteiger partial charge is 0.446 e. The molecule has 12 nitrogen and oxygen atoms in total. The van der Waals surface area contributed by atoms with Crippen molar-refractivity contribution in [1.29, 1.82) is 0 Å². The number of carbonyl (C=O) groups excluding carboxylic acids is 2. The van der Waals surface area contributed by atoms with Gasteiger partial charge in [0.2, 0.25) is 0 Å². The molecule has 2 aliphatic heterocycles. The van der Waals surface area contributed by atoms with Gasteiger partial charge in [-0.3, -0.25) is 14.4 Å². The van der Waals surface area contributed by atoms with Crippen LogP contribution in [-0.4, -0.2) is 100 Å². The summed E-state index contributed by atoms with van der Waals surface area (Å²) >= 11 is 6.86. The van der Waals surface area contributed by atoms with Crippen LogP contribution in [0.2, 0.25) is 5.02 Å². The predicted octanol–water partition coefficient (Wildman–Crippen LogP) is 12.0. The number of nitrogens with one attached hydrogen (secondary N) is 3. The summed E-state index contributed by atoms with van der Waals surface area (Å²) in [5.41, 5.74) is -0.219. The van der Waals surface area contributed by atoms with Gasteiger partial charge in [0.15, 0.2) is 0 Å². The Kier molecular flexibility index (Phi) is 15.9. The molecule has 364 valence electrons. The van der Waals surface area contributed by atoms with Gasteiger partial charge >= 0.3 is 11.6 Å². The quantitative estimate of drug-likeness (QED) is 0.0445. The number of rotatable bonds is 15. The number of aliphatic hydroxyl groups excluding tert-OH is 1. The largest absolute Gasteiger partial charge is 0.455 e. The number of piperazine rings is 1. The Balaban J connectivity index is 0.913. The average molecular weight is 1000 g/mol. The number of piperidine rings is 1. The minimum Gasteiger partial charge on any atom is -0.455 e. The number of hydrogen-bond acceptors (Lipinski definition) is 11. The van der Waals surface area contributed by atoms with Crippen molar-refractivity contribution in [2.75, 3.05) is 62.6 Å². The molecule has 0 aliphatic carbocycles. The lowest BCUT2D eigenvalue weighted by Gasteiger charge is -2.36. The van der Waals surface area contributed by atoms with Crippen molar-refractivity contribution >= 4 is 69.7 Å². The lowest BCUT2D eigenvalue weighted by Crippen LogP contribution is -2.50. The number of aromatic nitrogens is 2. The summed E-state index contributed by atoms with van der Waals surface area (Å²) in [6, 6.07) is 29.2. The first-order chi connectivity index (χ1) is 33.0. The zero-order valence-electron chi connectivity index (χ0n) is 38.5. The highest BCUT2D eigenvalue weighted by Gasteiger charge is 2.32. The van der Waals surface area contributed by atoms with Crippen LogP contribution in [0.1, 0.15) is 62.1 Å². The fraction of sp³-hybridized carbons (Fsp3) is 0.353. The number of alkyl halides is 3. The van der Waals surface area contributed by atoms with Crippen LogP contribution in [0.5, 0.6) is 11.5 Å². The number of ether oxygens (including phenoxy) is 2. The van der Waals surface area contributed by atoms with Crippen molar-refractivity contribution in [3.63, 3.8) is 0 Å². The minimum absolute atomic E-state index is 0.0120. The number of aromatic amines is 1. The molecule has 2 aliphatic rings. The first-order valence-corrected chi connectivity index (χ1v) is 24.9. The van der Waals surface area contributed by atoms with E-state index in [4.69, 9.17) is 21.1 Å². The van der Waals surface area contributed by atoms with Gasteiger partial charge < -0.3 is 34.7 Å². The summed E-state index contributed by atoms with van der Waals surface area (Å²) in [5.74, 6) is 0.203. The van der Waals surface area contributed by atoms with Gasteiger partial charge in [0.25, 0.3) is 5.91 Å². The van der Waals surface area contributed by atoms with Crippen LogP contribution in [0.25, 0.3) is 22.2 Å². The number of nitrogens with zero attached hydrogens (tertiary/aromatic N) is 4. The van der Waals surface area contributed by atoms with E-state index in [9.17, 15) is 27.9 Å². The maximum absolute atomic E-state index is 14.0. The Hall–Kier alpha value is -5.59. The molecule has 0 radical (unpaired) electrons. The van der Waals surface area contributed by atoms with Gasteiger partial charge in [-0.2, -0.15) is 13.2 Å². The molecule has 2 aromatic heterocycles. The molecule has 18 heteroatoms. The number of thioether (sulfide) groups is 1. The fourth-order valence-electron chi connectivity index (χ4n) is 8.54. The summed E-state index contributed by atoms with van der Waals surface area (Å²) in [6.07, 6.45) is 4.46. The maximum atomic E-state index is 14.0. The van der Waals surface area contributed by atoms with E-state index >= 15 is 0 Å². The van der Waals surface area contributed by atoms with Gasteiger partial charge in [0, 0.05) is 89.7 Å². The number of halogens is 4. The van der Waals surface area contributed by atoms with Crippen LogP contribution < -0.4 is 19.7 Å². The predicted molar refractivity (Wildman–Crippen MR) is 268 cm³/mol. The molecule has 2 fully saturated rings. The van der Waals surface area contributed by atoms with Crippen LogP contribution >= 0.6 is 35.3 Å². The van der Waals surface area contributed by atoms with Crippen molar-refractivity contribution < 1.29 is 37.3 Å². The molecule has 4 N–H and O–H groups in total. The molecule has 0 bridgehead atoms. The monoisotopic (exact) mass is 1000 g/mol. The standard InChI is InChI=1S/C51H55ClF3N7O5S2/c1-50(2,3)67-49(65)62-27-25-60(26-28-62)22-6-20-56-43-16-14-39(31-45(43)68-51(53,54)55)69-59-48(64)42-15-13-37(30-44(42)66-38-29-35-17-21-57-47(35)58-32-38)61-23-18-34(19-24-61)46(63)41-8-5-4-7-40(41)33-9-11-36(52)12-10-33/h4-5,7-17,21,29-32,34,46,56,63H,6,18-20,22-28H2,1-3H3,(H,57,58)(H,59,64). The van der Waals surface area contributed by atoms with Crippen molar-refractivity contribution in [1.82, 2.24) is 24.5 Å². The Morgan fingerprint density at radius 1 is 0.928 bits per heavy atom. The number of amides is 2. The van der Waals surface area contributed by atoms with Gasteiger partial charge in [-0.15, -0.1) is 0 Å². The third-order valence-electron chi connectivity index (χ3n) is 12.0. The number of benzene rings is 4. The molecule has 0 saturated carbocycles. The highest BCUT2D eigenvalue weighted by molar-refractivity contribution is 8.00. The normalized spacial score (nSPS) is 15.5.